The van der Waals surface area contributed by atoms with E-state index in [0.717, 1.165) is 13.0 Å². The van der Waals surface area contributed by atoms with Crippen molar-refractivity contribution < 1.29 is 9.53 Å². The molecule has 1 amide bonds. The maximum atomic E-state index is 11.0. The second-order valence-corrected chi connectivity index (χ2v) is 4.33. The fourth-order valence-electron chi connectivity index (χ4n) is 0.910. The molecular weight excluding hydrogens is 226 g/mol. The Labute approximate surface area is 102 Å². The zero-order valence-corrected chi connectivity index (χ0v) is 10.9. The smallest absolute Gasteiger partial charge is 0.242 e. The standard InChI is InChI=1S/C10H21N3O2S/c1-4-15-7-5-6-12-9(16)13-10(2,3)8(11)14/h4-7H2,1-3H3,(H2,11,14)(H2,12,13,16). The summed E-state index contributed by atoms with van der Waals surface area (Å²) in [5.74, 6) is -0.439. The molecule has 5 nitrogen and oxygen atoms in total. The van der Waals surface area contributed by atoms with Gasteiger partial charge in [0.25, 0.3) is 0 Å². The van der Waals surface area contributed by atoms with Gasteiger partial charge in [0, 0.05) is 19.8 Å². The van der Waals surface area contributed by atoms with E-state index in [1.54, 1.807) is 13.8 Å². The van der Waals surface area contributed by atoms with Crippen LogP contribution in [0.2, 0.25) is 0 Å². The number of carbonyl (C=O) groups excluding carboxylic acids is 1. The predicted octanol–water partition coefficient (Wildman–Crippen LogP) is 0.141. The summed E-state index contributed by atoms with van der Waals surface area (Å²) >= 11 is 5.03. The van der Waals surface area contributed by atoms with Gasteiger partial charge in [-0.1, -0.05) is 0 Å². The largest absolute Gasteiger partial charge is 0.382 e. The molecule has 94 valence electrons. The highest BCUT2D eigenvalue weighted by Crippen LogP contribution is 1.99. The van der Waals surface area contributed by atoms with Crippen LogP contribution in [-0.2, 0) is 9.53 Å². The maximum absolute atomic E-state index is 11.0. The molecule has 0 atom stereocenters. The summed E-state index contributed by atoms with van der Waals surface area (Å²) in [6, 6.07) is 0. The van der Waals surface area contributed by atoms with Crippen molar-refractivity contribution in [3.63, 3.8) is 0 Å². The number of nitrogens with one attached hydrogen (secondary N) is 2. The molecule has 0 rings (SSSR count). The zero-order valence-electron chi connectivity index (χ0n) is 10.1. The van der Waals surface area contributed by atoms with Gasteiger partial charge in [0.15, 0.2) is 5.11 Å². The monoisotopic (exact) mass is 247 g/mol. The van der Waals surface area contributed by atoms with Crippen molar-refractivity contribution in [2.45, 2.75) is 32.7 Å². The zero-order chi connectivity index (χ0) is 12.6. The van der Waals surface area contributed by atoms with Gasteiger partial charge in [-0.25, -0.2) is 0 Å². The van der Waals surface area contributed by atoms with E-state index in [9.17, 15) is 4.79 Å². The lowest BCUT2D eigenvalue weighted by Gasteiger charge is -2.24. The molecule has 0 spiro atoms. The van der Waals surface area contributed by atoms with Gasteiger partial charge < -0.3 is 21.1 Å². The van der Waals surface area contributed by atoms with E-state index < -0.39 is 11.4 Å². The summed E-state index contributed by atoms with van der Waals surface area (Å²) in [6.45, 7) is 7.45. The number of hydrogen-bond donors (Lipinski definition) is 3. The van der Waals surface area contributed by atoms with Gasteiger partial charge in [0.2, 0.25) is 5.91 Å². The van der Waals surface area contributed by atoms with Crippen LogP contribution in [0.1, 0.15) is 27.2 Å². The Hall–Kier alpha value is -0.880. The molecule has 0 aliphatic carbocycles. The number of thiocarbonyl (C=S) groups is 1. The van der Waals surface area contributed by atoms with Crippen molar-refractivity contribution in [3.05, 3.63) is 0 Å². The van der Waals surface area contributed by atoms with E-state index >= 15 is 0 Å². The van der Waals surface area contributed by atoms with E-state index in [0.29, 0.717) is 18.3 Å². The minimum absolute atomic E-state index is 0.431. The first-order valence-electron chi connectivity index (χ1n) is 5.33. The molecule has 6 heteroatoms. The van der Waals surface area contributed by atoms with Gasteiger partial charge in [0.1, 0.15) is 5.54 Å². The average Bonchev–Trinajstić information content (AvgIpc) is 2.16. The van der Waals surface area contributed by atoms with Crippen molar-refractivity contribution in [2.24, 2.45) is 5.73 Å². The third kappa shape index (κ3) is 6.58. The number of amides is 1. The SMILES string of the molecule is CCOCCCNC(=S)NC(C)(C)C(N)=O. The third-order valence-electron chi connectivity index (χ3n) is 2.00. The van der Waals surface area contributed by atoms with Crippen LogP contribution in [0, 0.1) is 0 Å². The molecule has 0 aliphatic heterocycles. The normalized spacial score (nSPS) is 10.9. The fraction of sp³-hybridized carbons (Fsp3) is 0.800. The molecule has 16 heavy (non-hydrogen) atoms. The van der Waals surface area contributed by atoms with E-state index in [1.165, 1.54) is 0 Å². The summed E-state index contributed by atoms with van der Waals surface area (Å²) in [6.07, 6.45) is 0.868. The Balaban J connectivity index is 3.71. The van der Waals surface area contributed by atoms with Gasteiger partial charge in [0.05, 0.1) is 0 Å². The van der Waals surface area contributed by atoms with Crippen molar-refractivity contribution in [3.8, 4) is 0 Å². The minimum atomic E-state index is -0.829. The Morgan fingerprint density at radius 1 is 1.50 bits per heavy atom. The summed E-state index contributed by atoms with van der Waals surface area (Å²) in [5, 5.41) is 6.27. The lowest BCUT2D eigenvalue weighted by atomic mass is 10.1. The van der Waals surface area contributed by atoms with Gasteiger partial charge in [-0.05, 0) is 39.4 Å². The third-order valence-corrected chi connectivity index (χ3v) is 2.24. The van der Waals surface area contributed by atoms with Crippen molar-refractivity contribution >= 4 is 23.2 Å². The van der Waals surface area contributed by atoms with E-state index in [1.807, 2.05) is 6.92 Å². The van der Waals surface area contributed by atoms with Gasteiger partial charge >= 0.3 is 0 Å². The second kappa shape index (κ2) is 7.40. The average molecular weight is 247 g/mol. The van der Waals surface area contributed by atoms with Gasteiger partial charge in [-0.15, -0.1) is 0 Å². The van der Waals surface area contributed by atoms with Crippen LogP contribution in [0.25, 0.3) is 0 Å². The Morgan fingerprint density at radius 3 is 2.62 bits per heavy atom. The van der Waals surface area contributed by atoms with E-state index in [2.05, 4.69) is 10.6 Å². The Bertz CT molecular complexity index is 244. The van der Waals surface area contributed by atoms with Crippen LogP contribution in [0.5, 0.6) is 0 Å². The second-order valence-electron chi connectivity index (χ2n) is 3.92. The highest BCUT2D eigenvalue weighted by Gasteiger charge is 2.25. The quantitative estimate of drug-likeness (QED) is 0.441. The molecule has 0 heterocycles. The highest BCUT2D eigenvalue weighted by molar-refractivity contribution is 7.80. The topological polar surface area (TPSA) is 76.4 Å². The molecule has 0 saturated heterocycles. The summed E-state index contributed by atoms with van der Waals surface area (Å²) in [5.41, 5.74) is 4.37. The first-order valence-corrected chi connectivity index (χ1v) is 5.74. The Kier molecular flexibility index (Phi) is 7.00. The van der Waals surface area contributed by atoms with Crippen LogP contribution in [0.15, 0.2) is 0 Å². The van der Waals surface area contributed by atoms with E-state index in [-0.39, 0.29) is 0 Å². The van der Waals surface area contributed by atoms with Crippen molar-refractivity contribution in [1.29, 1.82) is 0 Å². The number of hydrogen-bond acceptors (Lipinski definition) is 3. The number of primary amides is 1. The molecule has 0 aliphatic rings. The first-order chi connectivity index (χ1) is 7.40. The van der Waals surface area contributed by atoms with Gasteiger partial charge in [-0.2, -0.15) is 0 Å². The molecule has 0 radical (unpaired) electrons. The summed E-state index contributed by atoms with van der Waals surface area (Å²) < 4.78 is 5.18. The van der Waals surface area contributed by atoms with Crippen molar-refractivity contribution in [2.75, 3.05) is 19.8 Å². The van der Waals surface area contributed by atoms with Gasteiger partial charge in [-0.3, -0.25) is 4.79 Å². The lowest BCUT2D eigenvalue weighted by Crippen LogP contribution is -2.55. The van der Waals surface area contributed by atoms with Crippen LogP contribution < -0.4 is 16.4 Å². The summed E-state index contributed by atoms with van der Waals surface area (Å²) in [4.78, 5) is 11.0. The van der Waals surface area contributed by atoms with Crippen LogP contribution in [-0.4, -0.2) is 36.3 Å². The molecule has 0 aromatic rings. The summed E-state index contributed by atoms with van der Waals surface area (Å²) in [7, 11) is 0. The molecule has 0 fully saturated rings. The van der Waals surface area contributed by atoms with Crippen LogP contribution in [0.4, 0.5) is 0 Å². The fourth-order valence-corrected chi connectivity index (χ4v) is 1.27. The number of rotatable bonds is 7. The highest BCUT2D eigenvalue weighted by atomic mass is 32.1. The molecule has 0 unspecified atom stereocenters. The van der Waals surface area contributed by atoms with Crippen LogP contribution in [0.3, 0.4) is 0 Å². The first kappa shape index (κ1) is 15.1. The minimum Gasteiger partial charge on any atom is -0.382 e. The lowest BCUT2D eigenvalue weighted by molar-refractivity contribution is -0.122. The number of carbonyl (C=O) groups is 1. The molecule has 0 aromatic heterocycles. The maximum Gasteiger partial charge on any atom is 0.242 e. The van der Waals surface area contributed by atoms with E-state index in [4.69, 9.17) is 22.7 Å². The molecule has 0 saturated carbocycles. The molecular formula is C10H21N3O2S. The number of ether oxygens (including phenoxy) is 1. The Morgan fingerprint density at radius 2 is 2.12 bits per heavy atom. The molecule has 4 N–H and O–H groups in total. The number of nitrogens with two attached hydrogens (primary N) is 1. The predicted molar refractivity (Wildman–Crippen MR) is 68.1 cm³/mol. The van der Waals surface area contributed by atoms with Crippen molar-refractivity contribution in [1.82, 2.24) is 10.6 Å². The molecule has 0 bridgehead atoms. The van der Waals surface area contributed by atoms with Crippen LogP contribution >= 0.6 is 12.2 Å². The molecule has 0 aromatic carbocycles.